The molecular formula is C17H21P. The standard InChI is InChI=1S/C17H21P/c1-4-17(2,3)14-10-11-8-9-15(18)13-7-5-6-12(14)16(11)13/h5-9,14H,4,10,18H2,1-3H3. The number of hydrogen-bond donors (Lipinski definition) is 0. The van der Waals surface area contributed by atoms with Crippen molar-refractivity contribution < 1.29 is 0 Å². The molecule has 1 aliphatic rings. The van der Waals surface area contributed by atoms with Gasteiger partial charge in [-0.1, -0.05) is 57.5 Å². The highest BCUT2D eigenvalue weighted by molar-refractivity contribution is 7.28. The van der Waals surface area contributed by atoms with Gasteiger partial charge in [0.1, 0.15) is 0 Å². The summed E-state index contributed by atoms with van der Waals surface area (Å²) in [5.41, 5.74) is 3.49. The zero-order valence-corrected chi connectivity index (χ0v) is 12.6. The van der Waals surface area contributed by atoms with E-state index in [1.165, 1.54) is 28.9 Å². The first-order chi connectivity index (χ1) is 8.54. The quantitative estimate of drug-likeness (QED) is 0.698. The van der Waals surface area contributed by atoms with E-state index in [1.807, 2.05) is 0 Å². The zero-order valence-electron chi connectivity index (χ0n) is 11.5. The summed E-state index contributed by atoms with van der Waals surface area (Å²) >= 11 is 0. The Morgan fingerprint density at radius 3 is 2.72 bits per heavy atom. The van der Waals surface area contributed by atoms with E-state index in [-0.39, 0.29) is 0 Å². The molecule has 0 radical (unpaired) electrons. The third-order valence-electron chi connectivity index (χ3n) is 4.85. The zero-order chi connectivity index (χ0) is 12.9. The molecule has 0 aliphatic heterocycles. The number of rotatable bonds is 2. The van der Waals surface area contributed by atoms with Crippen LogP contribution in [0.3, 0.4) is 0 Å². The summed E-state index contributed by atoms with van der Waals surface area (Å²) in [7, 11) is 2.87. The Morgan fingerprint density at radius 1 is 1.22 bits per heavy atom. The largest absolute Gasteiger partial charge is 0.105 e. The Bertz CT molecular complexity index is 610. The Balaban J connectivity index is 2.26. The maximum atomic E-state index is 2.87. The topological polar surface area (TPSA) is 0 Å². The minimum atomic E-state index is 0.383. The number of benzene rings is 2. The van der Waals surface area contributed by atoms with Gasteiger partial charge in [-0.05, 0) is 45.0 Å². The van der Waals surface area contributed by atoms with E-state index in [0.717, 1.165) is 0 Å². The van der Waals surface area contributed by atoms with E-state index in [4.69, 9.17) is 0 Å². The highest BCUT2D eigenvalue weighted by atomic mass is 31.0. The molecule has 0 aromatic heterocycles. The van der Waals surface area contributed by atoms with Gasteiger partial charge < -0.3 is 0 Å². The molecule has 94 valence electrons. The van der Waals surface area contributed by atoms with Crippen LogP contribution < -0.4 is 5.30 Å². The minimum absolute atomic E-state index is 0.383. The molecule has 0 bridgehead atoms. The first kappa shape index (κ1) is 12.2. The second-order valence-electron chi connectivity index (χ2n) is 6.18. The van der Waals surface area contributed by atoms with Crippen LogP contribution >= 0.6 is 9.24 Å². The fourth-order valence-corrected chi connectivity index (χ4v) is 3.60. The third-order valence-corrected chi connectivity index (χ3v) is 5.35. The van der Waals surface area contributed by atoms with Gasteiger partial charge in [-0.3, -0.25) is 0 Å². The molecule has 0 saturated carbocycles. The molecule has 1 heteroatoms. The van der Waals surface area contributed by atoms with Crippen molar-refractivity contribution >= 4 is 25.3 Å². The van der Waals surface area contributed by atoms with Crippen molar-refractivity contribution in [1.82, 2.24) is 0 Å². The molecule has 1 aliphatic carbocycles. The van der Waals surface area contributed by atoms with Crippen LogP contribution in [0.4, 0.5) is 0 Å². The predicted molar refractivity (Wildman–Crippen MR) is 83.8 cm³/mol. The predicted octanol–water partition coefficient (Wildman–Crippen LogP) is 4.42. The van der Waals surface area contributed by atoms with Crippen LogP contribution in [0.5, 0.6) is 0 Å². The van der Waals surface area contributed by atoms with Crippen molar-refractivity contribution in [2.45, 2.75) is 39.5 Å². The Hall–Kier alpha value is -0.870. The van der Waals surface area contributed by atoms with Gasteiger partial charge in [-0.2, -0.15) is 0 Å². The van der Waals surface area contributed by atoms with Gasteiger partial charge in [-0.15, -0.1) is 9.24 Å². The maximum absolute atomic E-state index is 2.87. The lowest BCUT2D eigenvalue weighted by molar-refractivity contribution is 0.277. The van der Waals surface area contributed by atoms with Crippen molar-refractivity contribution in [1.29, 1.82) is 0 Å². The Kier molecular flexibility index (Phi) is 2.75. The third kappa shape index (κ3) is 1.62. The molecule has 2 aromatic carbocycles. The van der Waals surface area contributed by atoms with E-state index >= 15 is 0 Å². The summed E-state index contributed by atoms with van der Waals surface area (Å²) in [6, 6.07) is 11.4. The maximum Gasteiger partial charge on any atom is -0.00638 e. The van der Waals surface area contributed by atoms with Crippen LogP contribution in [0.15, 0.2) is 30.3 Å². The average molecular weight is 256 g/mol. The summed E-state index contributed by atoms with van der Waals surface area (Å²) in [4.78, 5) is 0. The van der Waals surface area contributed by atoms with Crippen LogP contribution in [0.2, 0.25) is 0 Å². The van der Waals surface area contributed by atoms with Gasteiger partial charge >= 0.3 is 0 Å². The van der Waals surface area contributed by atoms with E-state index in [1.54, 1.807) is 11.1 Å². The van der Waals surface area contributed by atoms with E-state index < -0.39 is 0 Å². The second kappa shape index (κ2) is 4.07. The van der Waals surface area contributed by atoms with Crippen molar-refractivity contribution in [2.75, 3.05) is 0 Å². The van der Waals surface area contributed by atoms with Gasteiger partial charge in [0.25, 0.3) is 0 Å². The van der Waals surface area contributed by atoms with E-state index in [2.05, 4.69) is 60.3 Å². The highest BCUT2D eigenvalue weighted by Crippen LogP contribution is 2.48. The smallest absolute Gasteiger partial charge is 0.00638 e. The lowest BCUT2D eigenvalue weighted by atomic mass is 9.73. The van der Waals surface area contributed by atoms with E-state index in [0.29, 0.717) is 11.3 Å². The van der Waals surface area contributed by atoms with Gasteiger partial charge in [-0.25, -0.2) is 0 Å². The fraction of sp³-hybridized carbons (Fsp3) is 0.412. The molecule has 2 unspecified atom stereocenters. The molecule has 0 spiro atoms. The first-order valence-electron chi connectivity index (χ1n) is 6.84. The molecular weight excluding hydrogens is 235 g/mol. The summed E-state index contributed by atoms with van der Waals surface area (Å²) in [6.07, 6.45) is 2.44. The Labute approximate surface area is 112 Å². The number of hydrogen-bond acceptors (Lipinski definition) is 0. The average Bonchev–Trinajstić information content (AvgIpc) is 2.75. The molecule has 0 fully saturated rings. The molecule has 0 heterocycles. The van der Waals surface area contributed by atoms with Crippen molar-refractivity contribution in [3.05, 3.63) is 41.5 Å². The normalized spacial score (nSPS) is 18.6. The second-order valence-corrected chi connectivity index (χ2v) is 6.80. The highest BCUT2D eigenvalue weighted by Gasteiger charge is 2.35. The lowest BCUT2D eigenvalue weighted by Crippen LogP contribution is -2.20. The Morgan fingerprint density at radius 2 is 2.00 bits per heavy atom. The molecule has 0 N–H and O–H groups in total. The lowest BCUT2D eigenvalue weighted by Gasteiger charge is -2.31. The molecule has 2 aromatic rings. The fourth-order valence-electron chi connectivity index (χ4n) is 3.27. The van der Waals surface area contributed by atoms with Crippen LogP contribution in [-0.2, 0) is 6.42 Å². The van der Waals surface area contributed by atoms with E-state index in [9.17, 15) is 0 Å². The van der Waals surface area contributed by atoms with Crippen molar-refractivity contribution in [3.63, 3.8) is 0 Å². The van der Waals surface area contributed by atoms with Gasteiger partial charge in [0, 0.05) is 0 Å². The minimum Gasteiger partial charge on any atom is -0.105 e. The summed E-state index contributed by atoms with van der Waals surface area (Å²) in [5.74, 6) is 0.674. The van der Waals surface area contributed by atoms with Crippen LogP contribution in [0.25, 0.3) is 10.8 Å². The molecule has 2 atom stereocenters. The molecule has 0 amide bonds. The summed E-state index contributed by atoms with van der Waals surface area (Å²) < 4.78 is 0. The van der Waals surface area contributed by atoms with Crippen LogP contribution in [0.1, 0.15) is 44.2 Å². The summed E-state index contributed by atoms with van der Waals surface area (Å²) in [6.45, 7) is 7.12. The summed E-state index contributed by atoms with van der Waals surface area (Å²) in [5, 5.41) is 4.27. The molecule has 3 rings (SSSR count). The monoisotopic (exact) mass is 256 g/mol. The van der Waals surface area contributed by atoms with Gasteiger partial charge in [0.05, 0.1) is 0 Å². The van der Waals surface area contributed by atoms with Gasteiger partial charge in [0.2, 0.25) is 0 Å². The van der Waals surface area contributed by atoms with Crippen LogP contribution in [0, 0.1) is 5.41 Å². The van der Waals surface area contributed by atoms with Crippen molar-refractivity contribution in [3.8, 4) is 0 Å². The first-order valence-corrected chi connectivity index (χ1v) is 7.42. The van der Waals surface area contributed by atoms with Gasteiger partial charge in [0.15, 0.2) is 0 Å². The molecule has 18 heavy (non-hydrogen) atoms. The molecule has 0 saturated heterocycles. The SMILES string of the molecule is CCC(C)(C)C1Cc2ccc(P)c3cccc1c23. The molecule has 0 nitrogen and oxygen atoms in total. The van der Waals surface area contributed by atoms with Crippen molar-refractivity contribution in [2.24, 2.45) is 5.41 Å². The van der Waals surface area contributed by atoms with Crippen LogP contribution in [-0.4, -0.2) is 0 Å².